The summed E-state index contributed by atoms with van der Waals surface area (Å²) in [5, 5.41) is 0.274. The fourth-order valence-corrected chi connectivity index (χ4v) is 9.91. The Morgan fingerprint density at radius 2 is 1.56 bits per heavy atom. The minimum absolute atomic E-state index is 0.0103. The van der Waals surface area contributed by atoms with Gasteiger partial charge >= 0.3 is 5.97 Å². The lowest BCUT2D eigenvalue weighted by atomic mass is 9.35. The number of methoxy groups -OCH3 is 1. The van der Waals surface area contributed by atoms with E-state index >= 15 is 0 Å². The summed E-state index contributed by atoms with van der Waals surface area (Å²) >= 11 is 6.57. The lowest BCUT2D eigenvalue weighted by Crippen LogP contribution is -2.64. The lowest BCUT2D eigenvalue weighted by molar-refractivity contribution is -0.164. The number of Topliss-reactive ketones (excluding diaryl/α,β-unsaturated/α-hetero) is 1. The third kappa shape index (κ3) is 2.97. The maximum absolute atomic E-state index is 14.3. The van der Waals surface area contributed by atoms with E-state index in [4.69, 9.17) is 16.3 Å². The molecule has 36 heavy (non-hydrogen) atoms. The van der Waals surface area contributed by atoms with Gasteiger partial charge in [-0.05, 0) is 84.8 Å². The second kappa shape index (κ2) is 7.46. The number of carbonyl (C=O) groups excluding carboxylic acids is 3. The molecule has 0 amide bonds. The maximum atomic E-state index is 14.3. The second-order valence-electron chi connectivity index (χ2n) is 14.2. The van der Waals surface area contributed by atoms with Gasteiger partial charge < -0.3 is 4.74 Å². The van der Waals surface area contributed by atoms with Gasteiger partial charge in [0, 0.05) is 16.7 Å². The third-order valence-electron chi connectivity index (χ3n) is 11.9. The molecule has 0 N–H and O–H groups in total. The number of fused-ring (bicyclic) bond motifs is 7. The van der Waals surface area contributed by atoms with Crippen LogP contribution < -0.4 is 0 Å². The van der Waals surface area contributed by atoms with E-state index in [2.05, 4.69) is 33.8 Å². The van der Waals surface area contributed by atoms with Crippen LogP contribution in [0.4, 0.5) is 0 Å². The molecule has 0 aromatic heterocycles. The van der Waals surface area contributed by atoms with Crippen molar-refractivity contribution >= 4 is 29.1 Å². The highest BCUT2D eigenvalue weighted by atomic mass is 35.5. The van der Waals surface area contributed by atoms with Crippen LogP contribution in [0.5, 0.6) is 0 Å². The number of hydrogen-bond acceptors (Lipinski definition) is 4. The van der Waals surface area contributed by atoms with E-state index in [9.17, 15) is 14.4 Å². The summed E-state index contributed by atoms with van der Waals surface area (Å²) in [4.78, 5) is 40.1. The predicted octanol–water partition coefficient (Wildman–Crippen LogP) is 6.97. The van der Waals surface area contributed by atoms with Gasteiger partial charge in [0.25, 0.3) is 0 Å². The highest BCUT2D eigenvalue weighted by Gasteiger charge is 2.69. The predicted molar refractivity (Wildman–Crippen MR) is 141 cm³/mol. The number of esters is 1. The molecule has 5 aliphatic carbocycles. The number of hydrogen-bond donors (Lipinski definition) is 0. The van der Waals surface area contributed by atoms with Crippen LogP contribution in [0.15, 0.2) is 34.4 Å². The Morgan fingerprint density at radius 1 is 0.917 bits per heavy atom. The van der Waals surface area contributed by atoms with Crippen molar-refractivity contribution in [1.82, 2.24) is 0 Å². The van der Waals surface area contributed by atoms with Crippen molar-refractivity contribution in [3.8, 4) is 0 Å². The normalized spacial score (nSPS) is 47.3. The molecular weight excluding hydrogens is 472 g/mol. The quantitative estimate of drug-likeness (QED) is 0.356. The fraction of sp³-hybridized carbons (Fsp3) is 0.710. The van der Waals surface area contributed by atoms with Gasteiger partial charge in [0.2, 0.25) is 0 Å². The first-order valence-electron chi connectivity index (χ1n) is 13.5. The molecule has 0 aliphatic heterocycles. The zero-order valence-corrected chi connectivity index (χ0v) is 23.9. The van der Waals surface area contributed by atoms with Crippen molar-refractivity contribution < 1.29 is 19.1 Å². The zero-order chi connectivity index (χ0) is 26.7. The summed E-state index contributed by atoms with van der Waals surface area (Å²) < 4.78 is 5.19. The summed E-state index contributed by atoms with van der Waals surface area (Å²) in [6, 6.07) is 0. The topological polar surface area (TPSA) is 60.4 Å². The van der Waals surface area contributed by atoms with Crippen LogP contribution in [-0.2, 0) is 19.1 Å². The van der Waals surface area contributed by atoms with Crippen LogP contribution >= 0.6 is 11.6 Å². The van der Waals surface area contributed by atoms with Gasteiger partial charge in [-0.25, -0.2) is 0 Å². The van der Waals surface area contributed by atoms with Crippen LogP contribution in [0.2, 0.25) is 0 Å². The molecule has 0 unspecified atom stereocenters. The SMILES string of the molecule is COC(=O)[C@]1(C)C=C2C3=CC(=O)[C@@H]4[C@@]5(C)C=C(Cl)C(=O)C(C)(C)[C@@H]5CC[C@@]4(C)[C@]3(C)CC[C@@]2(C)CC1. The van der Waals surface area contributed by atoms with Crippen LogP contribution in [0.3, 0.4) is 0 Å². The van der Waals surface area contributed by atoms with Crippen molar-refractivity contribution in [2.75, 3.05) is 7.11 Å². The smallest absolute Gasteiger partial charge is 0.315 e. The average Bonchev–Trinajstić information content (AvgIpc) is 2.79. The average molecular weight is 513 g/mol. The number of carbonyl (C=O) groups is 3. The molecule has 2 fully saturated rings. The summed E-state index contributed by atoms with van der Waals surface area (Å²) in [5.41, 5.74) is -0.0429. The molecule has 4 nitrogen and oxygen atoms in total. The molecule has 5 aliphatic rings. The summed E-state index contributed by atoms with van der Waals surface area (Å²) in [6.07, 6.45) is 11.4. The maximum Gasteiger partial charge on any atom is 0.315 e. The Morgan fingerprint density at radius 3 is 2.19 bits per heavy atom. The highest BCUT2D eigenvalue weighted by molar-refractivity contribution is 6.43. The molecule has 0 heterocycles. The second-order valence-corrected chi connectivity index (χ2v) is 14.6. The van der Waals surface area contributed by atoms with Crippen molar-refractivity contribution in [1.29, 1.82) is 0 Å². The number of halogens is 1. The first-order valence-corrected chi connectivity index (χ1v) is 13.9. The number of ketones is 2. The Bertz CT molecular complexity index is 1170. The van der Waals surface area contributed by atoms with Gasteiger partial charge in [0.1, 0.15) is 0 Å². The fourth-order valence-electron chi connectivity index (χ4n) is 9.43. The van der Waals surface area contributed by atoms with Crippen molar-refractivity contribution in [3.63, 3.8) is 0 Å². The minimum atomic E-state index is -0.683. The van der Waals surface area contributed by atoms with E-state index in [-0.39, 0.29) is 50.6 Å². The minimum Gasteiger partial charge on any atom is -0.468 e. The summed E-state index contributed by atoms with van der Waals surface area (Å²) in [6.45, 7) is 15.1. The number of rotatable bonds is 1. The van der Waals surface area contributed by atoms with Crippen LogP contribution in [0.25, 0.3) is 0 Å². The van der Waals surface area contributed by atoms with E-state index in [1.807, 2.05) is 32.9 Å². The van der Waals surface area contributed by atoms with Crippen LogP contribution in [-0.4, -0.2) is 24.6 Å². The van der Waals surface area contributed by atoms with E-state index in [1.54, 1.807) is 0 Å². The van der Waals surface area contributed by atoms with E-state index in [0.717, 1.165) is 44.1 Å². The Kier molecular flexibility index (Phi) is 5.37. The van der Waals surface area contributed by atoms with E-state index in [0.29, 0.717) is 0 Å². The molecule has 0 aromatic rings. The monoisotopic (exact) mass is 512 g/mol. The number of allylic oxidation sites excluding steroid dienone is 5. The molecule has 0 spiro atoms. The van der Waals surface area contributed by atoms with Crippen molar-refractivity contribution in [2.45, 2.75) is 87.0 Å². The summed E-state index contributed by atoms with van der Waals surface area (Å²) in [5.74, 6) is -0.273. The highest BCUT2D eigenvalue weighted by Crippen LogP contribution is 2.73. The molecule has 5 heteroatoms. The zero-order valence-electron chi connectivity index (χ0n) is 23.1. The van der Waals surface area contributed by atoms with Crippen molar-refractivity contribution in [2.24, 2.45) is 44.3 Å². The molecule has 0 aromatic carbocycles. The van der Waals surface area contributed by atoms with Crippen molar-refractivity contribution in [3.05, 3.63) is 34.4 Å². The van der Waals surface area contributed by atoms with Gasteiger partial charge in [-0.15, -0.1) is 0 Å². The van der Waals surface area contributed by atoms with E-state index in [1.165, 1.54) is 12.7 Å². The van der Waals surface area contributed by atoms with Gasteiger partial charge in [-0.1, -0.05) is 65.3 Å². The molecule has 5 rings (SSSR count). The molecule has 2 saturated carbocycles. The van der Waals surface area contributed by atoms with Gasteiger partial charge in [-0.3, -0.25) is 14.4 Å². The first kappa shape index (κ1) is 25.9. The molecular formula is C31H41ClO4. The van der Waals surface area contributed by atoms with Gasteiger partial charge in [0.15, 0.2) is 11.6 Å². The Balaban J connectivity index is 1.71. The van der Waals surface area contributed by atoms with Crippen LogP contribution in [0.1, 0.15) is 87.0 Å². The third-order valence-corrected chi connectivity index (χ3v) is 12.2. The van der Waals surface area contributed by atoms with E-state index < -0.39 is 16.2 Å². The Labute approximate surface area is 220 Å². The van der Waals surface area contributed by atoms with Gasteiger partial charge in [0.05, 0.1) is 17.6 Å². The first-order chi connectivity index (χ1) is 16.5. The standard InChI is InChI=1S/C31H41ClO4/c1-26(2)22-9-10-31(7)23(29(22,5)17-20(32)24(26)34)21(33)15-18-19-16-28(4,25(35)36-8)12-11-27(19,3)13-14-30(18,31)6/h15-17,22-23H,9-14H2,1-8H3/t22-,23+,27+,28-,29-,30+,31+/m0/s1. The molecule has 0 radical (unpaired) electrons. The molecule has 196 valence electrons. The summed E-state index contributed by atoms with van der Waals surface area (Å²) in [7, 11) is 1.45. The Hall–Kier alpha value is -1.68. The number of ether oxygens (including phenoxy) is 1. The molecule has 0 bridgehead atoms. The molecule has 7 atom stereocenters. The van der Waals surface area contributed by atoms with Crippen LogP contribution in [0, 0.1) is 44.3 Å². The molecule has 0 saturated heterocycles. The lowest BCUT2D eigenvalue weighted by Gasteiger charge is -2.67. The largest absolute Gasteiger partial charge is 0.468 e. The van der Waals surface area contributed by atoms with Gasteiger partial charge in [-0.2, -0.15) is 0 Å².